The number of fused-ring (bicyclic) bond motifs is 1. The number of halogens is 1. The van der Waals surface area contributed by atoms with Crippen LogP contribution in [0.15, 0.2) is 42.5 Å². The third-order valence-corrected chi connectivity index (χ3v) is 5.81. The summed E-state index contributed by atoms with van der Waals surface area (Å²) in [5.74, 6) is 0.496. The van der Waals surface area contributed by atoms with Crippen LogP contribution in [0.3, 0.4) is 0 Å². The Bertz CT molecular complexity index is 998. The molecule has 2 heterocycles. The second kappa shape index (κ2) is 9.47. The number of piperazine rings is 1. The first-order valence-electron chi connectivity index (χ1n) is 10.3. The third kappa shape index (κ3) is 4.92. The molecule has 0 unspecified atom stereocenters. The van der Waals surface area contributed by atoms with E-state index in [1.807, 2.05) is 42.5 Å². The topological polar surface area (TPSA) is 76.3 Å². The van der Waals surface area contributed by atoms with Crippen molar-refractivity contribution in [2.75, 3.05) is 51.6 Å². The number of hydrogen-bond acceptors (Lipinski definition) is 4. The average molecular weight is 427 g/mol. The van der Waals surface area contributed by atoms with Crippen LogP contribution in [0.4, 0.5) is 10.6 Å². The van der Waals surface area contributed by atoms with Crippen molar-refractivity contribution >= 4 is 34.4 Å². The maximum Gasteiger partial charge on any atom is 0.320 e. The van der Waals surface area contributed by atoms with Gasteiger partial charge in [0.25, 0.3) is 0 Å². The minimum Gasteiger partial charge on any atom is -0.338 e. The number of nitrogens with zero attached hydrogens (tertiary/aromatic N) is 3. The van der Waals surface area contributed by atoms with Gasteiger partial charge in [0.1, 0.15) is 0 Å². The minimum atomic E-state index is -0.252. The molecule has 2 amide bonds. The van der Waals surface area contributed by atoms with E-state index in [2.05, 4.69) is 37.7 Å². The van der Waals surface area contributed by atoms with Crippen LogP contribution in [0.2, 0.25) is 5.02 Å². The van der Waals surface area contributed by atoms with E-state index in [1.165, 1.54) is 0 Å². The molecule has 4 rings (SSSR count). The number of nitrogens with one attached hydrogen (secondary N) is 3. The summed E-state index contributed by atoms with van der Waals surface area (Å²) >= 11 is 6.46. The Labute approximate surface area is 181 Å². The van der Waals surface area contributed by atoms with Crippen LogP contribution in [0, 0.1) is 0 Å². The zero-order valence-corrected chi connectivity index (χ0v) is 17.9. The molecule has 0 saturated carbocycles. The van der Waals surface area contributed by atoms with Crippen molar-refractivity contribution in [3.63, 3.8) is 0 Å². The molecule has 3 N–H and O–H groups in total. The number of carbonyl (C=O) groups excluding carboxylic acids is 1. The highest BCUT2D eigenvalue weighted by Gasteiger charge is 2.15. The maximum absolute atomic E-state index is 12.3. The van der Waals surface area contributed by atoms with E-state index < -0.39 is 0 Å². The fraction of sp³-hybridized carbons (Fsp3) is 0.364. The Morgan fingerprint density at radius 3 is 2.70 bits per heavy atom. The largest absolute Gasteiger partial charge is 0.338 e. The summed E-state index contributed by atoms with van der Waals surface area (Å²) in [4.78, 5) is 17.1. The van der Waals surface area contributed by atoms with Crippen molar-refractivity contribution in [3.05, 3.63) is 47.5 Å². The van der Waals surface area contributed by atoms with Crippen molar-refractivity contribution in [1.82, 2.24) is 25.3 Å². The monoisotopic (exact) mass is 426 g/mol. The fourth-order valence-electron chi connectivity index (χ4n) is 3.70. The van der Waals surface area contributed by atoms with Gasteiger partial charge in [0.15, 0.2) is 5.82 Å². The molecule has 0 atom stereocenters. The molecule has 3 aromatic rings. The zero-order chi connectivity index (χ0) is 20.9. The first kappa shape index (κ1) is 20.7. The number of H-pyrrole nitrogens is 1. The van der Waals surface area contributed by atoms with Gasteiger partial charge in [-0.15, -0.1) is 0 Å². The number of urea groups is 1. The van der Waals surface area contributed by atoms with E-state index in [1.54, 1.807) is 0 Å². The van der Waals surface area contributed by atoms with E-state index in [4.69, 9.17) is 11.6 Å². The van der Waals surface area contributed by atoms with Gasteiger partial charge in [-0.3, -0.25) is 10.4 Å². The number of hydrogen-bond donors (Lipinski definition) is 3. The molecular formula is C22H27ClN6O. The van der Waals surface area contributed by atoms with E-state index in [0.717, 1.165) is 61.2 Å². The molecule has 158 valence electrons. The molecule has 30 heavy (non-hydrogen) atoms. The number of aromatic amines is 1. The minimum absolute atomic E-state index is 0.252. The molecular weight excluding hydrogens is 400 g/mol. The molecule has 1 aromatic heterocycles. The van der Waals surface area contributed by atoms with Gasteiger partial charge in [0.2, 0.25) is 0 Å². The van der Waals surface area contributed by atoms with Crippen molar-refractivity contribution in [3.8, 4) is 11.1 Å². The number of anilines is 1. The highest BCUT2D eigenvalue weighted by molar-refractivity contribution is 6.34. The normalized spacial score (nSPS) is 15.4. The lowest BCUT2D eigenvalue weighted by atomic mass is 10.0. The highest BCUT2D eigenvalue weighted by Crippen LogP contribution is 2.33. The van der Waals surface area contributed by atoms with Crippen LogP contribution >= 0.6 is 11.6 Å². The number of carbonyl (C=O) groups is 1. The van der Waals surface area contributed by atoms with Crippen LogP contribution in [0.5, 0.6) is 0 Å². The SMILES string of the molecule is CN1CCN(CCCNC(=O)Nc2n[nH]c3cc(Cl)c(-c4ccccc4)cc23)CC1. The highest BCUT2D eigenvalue weighted by atomic mass is 35.5. The predicted molar refractivity (Wildman–Crippen MR) is 122 cm³/mol. The number of amides is 2. The summed E-state index contributed by atoms with van der Waals surface area (Å²) in [6.07, 6.45) is 0.923. The Hall–Kier alpha value is -2.61. The van der Waals surface area contributed by atoms with Crippen LogP contribution in [0.1, 0.15) is 6.42 Å². The van der Waals surface area contributed by atoms with Crippen LogP contribution in [-0.4, -0.2) is 72.3 Å². The quantitative estimate of drug-likeness (QED) is 0.526. The molecule has 2 aromatic carbocycles. The second-order valence-electron chi connectivity index (χ2n) is 7.70. The van der Waals surface area contributed by atoms with Gasteiger partial charge >= 0.3 is 6.03 Å². The van der Waals surface area contributed by atoms with Gasteiger partial charge in [-0.05, 0) is 37.7 Å². The molecule has 7 nitrogen and oxygen atoms in total. The molecule has 0 radical (unpaired) electrons. The third-order valence-electron chi connectivity index (χ3n) is 5.50. The lowest BCUT2D eigenvalue weighted by molar-refractivity contribution is 0.153. The van der Waals surface area contributed by atoms with E-state index >= 15 is 0 Å². The smallest absolute Gasteiger partial charge is 0.320 e. The number of likely N-dealkylation sites (N-methyl/N-ethyl adjacent to an activating group) is 1. The summed E-state index contributed by atoms with van der Waals surface area (Å²) in [5, 5.41) is 14.4. The molecule has 0 spiro atoms. The number of benzene rings is 2. The van der Waals surface area contributed by atoms with Crippen LogP contribution in [0.25, 0.3) is 22.0 Å². The molecule has 0 bridgehead atoms. The molecule has 8 heteroatoms. The van der Waals surface area contributed by atoms with E-state index in [9.17, 15) is 4.79 Å². The maximum atomic E-state index is 12.3. The second-order valence-corrected chi connectivity index (χ2v) is 8.10. The Morgan fingerprint density at radius 2 is 1.93 bits per heavy atom. The molecule has 1 aliphatic rings. The van der Waals surface area contributed by atoms with E-state index in [0.29, 0.717) is 17.4 Å². The Morgan fingerprint density at radius 1 is 1.17 bits per heavy atom. The van der Waals surface area contributed by atoms with Gasteiger partial charge in [-0.2, -0.15) is 5.10 Å². The lowest BCUT2D eigenvalue weighted by Gasteiger charge is -2.32. The first-order valence-corrected chi connectivity index (χ1v) is 10.7. The first-order chi connectivity index (χ1) is 14.6. The fourth-order valence-corrected chi connectivity index (χ4v) is 3.97. The van der Waals surface area contributed by atoms with Gasteiger partial charge in [0.05, 0.1) is 10.5 Å². The van der Waals surface area contributed by atoms with E-state index in [-0.39, 0.29) is 6.03 Å². The molecule has 1 saturated heterocycles. The van der Waals surface area contributed by atoms with Gasteiger partial charge in [-0.1, -0.05) is 41.9 Å². The molecule has 1 fully saturated rings. The number of aromatic nitrogens is 2. The van der Waals surface area contributed by atoms with Crippen LogP contribution < -0.4 is 10.6 Å². The zero-order valence-electron chi connectivity index (χ0n) is 17.1. The summed E-state index contributed by atoms with van der Waals surface area (Å²) in [6.45, 7) is 6.02. The van der Waals surface area contributed by atoms with Crippen molar-refractivity contribution < 1.29 is 4.79 Å². The van der Waals surface area contributed by atoms with Crippen LogP contribution in [-0.2, 0) is 0 Å². The van der Waals surface area contributed by atoms with Gasteiger partial charge in [0, 0.05) is 43.7 Å². The van der Waals surface area contributed by atoms with Gasteiger partial charge < -0.3 is 15.1 Å². The standard InChI is InChI=1S/C22H27ClN6O/c1-28-10-12-29(13-11-28)9-5-8-24-22(30)25-21-18-14-17(16-6-3-2-4-7-16)19(23)15-20(18)26-27-21/h2-4,6-7,14-15H,5,8-13H2,1H3,(H3,24,25,26,27,30). The summed E-state index contributed by atoms with van der Waals surface area (Å²) in [5.41, 5.74) is 2.71. The molecule has 1 aliphatic heterocycles. The summed E-state index contributed by atoms with van der Waals surface area (Å²) in [6, 6.07) is 13.5. The van der Waals surface area contributed by atoms with Crippen molar-refractivity contribution in [2.24, 2.45) is 0 Å². The summed E-state index contributed by atoms with van der Waals surface area (Å²) in [7, 11) is 2.15. The van der Waals surface area contributed by atoms with Gasteiger partial charge in [-0.25, -0.2) is 4.79 Å². The number of rotatable bonds is 6. The average Bonchev–Trinajstić information content (AvgIpc) is 3.13. The Balaban J connectivity index is 1.35. The van der Waals surface area contributed by atoms with Crippen molar-refractivity contribution in [1.29, 1.82) is 0 Å². The van der Waals surface area contributed by atoms with Crippen molar-refractivity contribution in [2.45, 2.75) is 6.42 Å². The Kier molecular flexibility index (Phi) is 6.52. The molecule has 0 aliphatic carbocycles. The predicted octanol–water partition coefficient (Wildman–Crippen LogP) is 3.64. The lowest BCUT2D eigenvalue weighted by Crippen LogP contribution is -2.45. The summed E-state index contributed by atoms with van der Waals surface area (Å²) < 4.78 is 0.